The lowest BCUT2D eigenvalue weighted by Gasteiger charge is -2.18. The highest BCUT2D eigenvalue weighted by Crippen LogP contribution is 2.48. The molecule has 1 fully saturated rings. The highest BCUT2D eigenvalue weighted by atomic mass is 35.5. The third-order valence-electron chi connectivity index (χ3n) is 3.46. The van der Waals surface area contributed by atoms with Gasteiger partial charge in [0, 0.05) is 0 Å². The Morgan fingerprint density at radius 2 is 2.06 bits per heavy atom. The van der Waals surface area contributed by atoms with Crippen LogP contribution in [0.4, 0.5) is 0 Å². The van der Waals surface area contributed by atoms with Crippen molar-refractivity contribution in [2.75, 3.05) is 5.88 Å². The van der Waals surface area contributed by atoms with Gasteiger partial charge >= 0.3 is 5.97 Å². The summed E-state index contributed by atoms with van der Waals surface area (Å²) in [5.74, 6) is -0.915. The molecule has 98 valence electrons. The van der Waals surface area contributed by atoms with Crippen LogP contribution in [0, 0.1) is 0 Å². The fraction of sp³-hybridized carbons (Fsp3) is 0.462. The van der Waals surface area contributed by atoms with Crippen molar-refractivity contribution in [3.63, 3.8) is 0 Å². The van der Waals surface area contributed by atoms with Crippen molar-refractivity contribution in [1.82, 2.24) is 0 Å². The second-order valence-electron chi connectivity index (χ2n) is 4.68. The Balaban J connectivity index is 2.29. The second-order valence-corrected chi connectivity index (χ2v) is 4.99. The van der Waals surface area contributed by atoms with Gasteiger partial charge in [-0.2, -0.15) is 0 Å². The molecule has 0 aromatic heterocycles. The zero-order valence-corrected chi connectivity index (χ0v) is 10.5. The van der Waals surface area contributed by atoms with Crippen LogP contribution in [0.15, 0.2) is 24.3 Å². The normalized spacial score (nSPS) is 20.2. The van der Waals surface area contributed by atoms with Crippen molar-refractivity contribution in [2.45, 2.75) is 30.5 Å². The van der Waals surface area contributed by atoms with E-state index in [1.54, 1.807) is 24.3 Å². The van der Waals surface area contributed by atoms with Crippen molar-refractivity contribution in [3.05, 3.63) is 35.4 Å². The molecular weight excluding hydrogens is 256 g/mol. The Morgan fingerprint density at radius 3 is 2.56 bits per heavy atom. The van der Waals surface area contributed by atoms with Gasteiger partial charge in [-0.05, 0) is 24.0 Å². The maximum absolute atomic E-state index is 11.2. The lowest BCUT2D eigenvalue weighted by atomic mass is 9.92. The van der Waals surface area contributed by atoms with Crippen LogP contribution in [-0.4, -0.2) is 33.3 Å². The van der Waals surface area contributed by atoms with Gasteiger partial charge in [0.15, 0.2) is 0 Å². The number of alkyl halides is 1. The average Bonchev–Trinajstić information content (AvgIpc) is 3.18. The molecule has 1 aliphatic carbocycles. The topological polar surface area (TPSA) is 77.8 Å². The molecule has 1 aliphatic rings. The standard InChI is InChI=1S/C13H15ClO4/c14-7-10(15)11(16)8-2-1-3-9(6-8)13(4-5-13)12(17)18/h1-3,6,10-11,15-16H,4-5,7H2,(H,17,18). The summed E-state index contributed by atoms with van der Waals surface area (Å²) in [6.07, 6.45) is -0.922. The van der Waals surface area contributed by atoms with Gasteiger partial charge in [0.1, 0.15) is 6.10 Å². The van der Waals surface area contributed by atoms with Crippen LogP contribution in [0.1, 0.15) is 30.1 Å². The summed E-state index contributed by atoms with van der Waals surface area (Å²) in [5.41, 5.74) is 0.364. The van der Waals surface area contributed by atoms with Crippen LogP contribution in [0.2, 0.25) is 0 Å². The Bertz CT molecular complexity index is 456. The molecule has 0 bridgehead atoms. The third-order valence-corrected chi connectivity index (χ3v) is 3.78. The van der Waals surface area contributed by atoms with Crippen molar-refractivity contribution in [2.24, 2.45) is 0 Å². The van der Waals surface area contributed by atoms with Gasteiger partial charge in [-0.15, -0.1) is 11.6 Å². The van der Waals surface area contributed by atoms with Crippen LogP contribution >= 0.6 is 11.6 Å². The van der Waals surface area contributed by atoms with Crippen molar-refractivity contribution < 1.29 is 20.1 Å². The first kappa shape index (κ1) is 13.3. The number of carbonyl (C=O) groups is 1. The molecule has 1 saturated carbocycles. The largest absolute Gasteiger partial charge is 0.481 e. The summed E-state index contributed by atoms with van der Waals surface area (Å²) in [7, 11) is 0. The van der Waals surface area contributed by atoms with E-state index >= 15 is 0 Å². The number of benzene rings is 1. The van der Waals surface area contributed by atoms with Crippen LogP contribution in [0.3, 0.4) is 0 Å². The van der Waals surface area contributed by atoms with E-state index in [0.29, 0.717) is 24.0 Å². The first-order valence-corrected chi connectivity index (χ1v) is 6.30. The molecule has 5 heteroatoms. The predicted molar refractivity (Wildman–Crippen MR) is 66.7 cm³/mol. The Hall–Kier alpha value is -1.10. The van der Waals surface area contributed by atoms with E-state index in [4.69, 9.17) is 11.6 Å². The molecule has 0 aliphatic heterocycles. The summed E-state index contributed by atoms with van der Waals surface area (Å²) in [6, 6.07) is 6.73. The van der Waals surface area contributed by atoms with Crippen molar-refractivity contribution in [1.29, 1.82) is 0 Å². The van der Waals surface area contributed by atoms with E-state index in [-0.39, 0.29) is 5.88 Å². The monoisotopic (exact) mass is 270 g/mol. The number of hydrogen-bond acceptors (Lipinski definition) is 3. The van der Waals surface area contributed by atoms with Gasteiger partial charge in [-0.25, -0.2) is 0 Å². The van der Waals surface area contributed by atoms with Crippen molar-refractivity contribution >= 4 is 17.6 Å². The predicted octanol–water partition coefficient (Wildman–Crippen LogP) is 1.44. The molecule has 2 unspecified atom stereocenters. The van der Waals surface area contributed by atoms with Gasteiger partial charge in [-0.1, -0.05) is 24.3 Å². The summed E-state index contributed by atoms with van der Waals surface area (Å²) < 4.78 is 0. The molecule has 2 rings (SSSR count). The van der Waals surface area contributed by atoms with Crippen LogP contribution in [0.5, 0.6) is 0 Å². The minimum Gasteiger partial charge on any atom is -0.481 e. The molecular formula is C13H15ClO4. The number of aliphatic hydroxyl groups is 2. The summed E-state index contributed by atoms with van der Waals surface area (Å²) in [5, 5.41) is 28.6. The average molecular weight is 271 g/mol. The van der Waals surface area contributed by atoms with Gasteiger partial charge in [0.05, 0.1) is 17.4 Å². The lowest BCUT2D eigenvalue weighted by molar-refractivity contribution is -0.140. The number of carboxylic acids is 1. The quantitative estimate of drug-likeness (QED) is 0.708. The highest BCUT2D eigenvalue weighted by molar-refractivity contribution is 6.18. The molecule has 18 heavy (non-hydrogen) atoms. The maximum atomic E-state index is 11.2. The Morgan fingerprint density at radius 1 is 1.39 bits per heavy atom. The number of rotatable bonds is 5. The number of hydrogen-bond donors (Lipinski definition) is 3. The van der Waals surface area contributed by atoms with Gasteiger partial charge in [0.2, 0.25) is 0 Å². The zero-order valence-electron chi connectivity index (χ0n) is 9.71. The number of aliphatic hydroxyl groups excluding tert-OH is 2. The molecule has 2 atom stereocenters. The minimum atomic E-state index is -1.09. The third kappa shape index (κ3) is 2.23. The van der Waals surface area contributed by atoms with Crippen LogP contribution in [-0.2, 0) is 10.2 Å². The first-order chi connectivity index (χ1) is 8.51. The summed E-state index contributed by atoms with van der Waals surface area (Å²) in [4.78, 5) is 11.2. The van der Waals surface area contributed by atoms with Gasteiger partial charge < -0.3 is 15.3 Å². The van der Waals surface area contributed by atoms with E-state index in [1.165, 1.54) is 0 Å². The molecule has 0 heterocycles. The molecule has 0 saturated heterocycles. The van der Waals surface area contributed by atoms with E-state index in [0.717, 1.165) is 0 Å². The maximum Gasteiger partial charge on any atom is 0.314 e. The van der Waals surface area contributed by atoms with E-state index < -0.39 is 23.6 Å². The Kier molecular flexibility index (Phi) is 3.61. The second kappa shape index (κ2) is 4.88. The van der Waals surface area contributed by atoms with E-state index in [9.17, 15) is 20.1 Å². The smallest absolute Gasteiger partial charge is 0.314 e. The molecule has 1 aromatic rings. The minimum absolute atomic E-state index is 0.0739. The molecule has 3 N–H and O–H groups in total. The van der Waals surface area contributed by atoms with E-state index in [1.807, 2.05) is 0 Å². The first-order valence-electron chi connectivity index (χ1n) is 5.77. The SMILES string of the molecule is O=C(O)C1(c2cccc(C(O)C(O)CCl)c2)CC1. The molecule has 0 amide bonds. The number of halogens is 1. The van der Waals surface area contributed by atoms with Gasteiger partial charge in [-0.3, -0.25) is 4.79 Å². The van der Waals surface area contributed by atoms with E-state index in [2.05, 4.69) is 0 Å². The molecule has 1 aromatic carbocycles. The number of carboxylic acid groups (broad SMARTS) is 1. The fourth-order valence-corrected chi connectivity index (χ4v) is 2.25. The van der Waals surface area contributed by atoms with Crippen LogP contribution in [0.25, 0.3) is 0 Å². The van der Waals surface area contributed by atoms with Crippen LogP contribution < -0.4 is 0 Å². The summed E-state index contributed by atoms with van der Waals surface area (Å²) >= 11 is 5.49. The van der Waals surface area contributed by atoms with Crippen molar-refractivity contribution in [3.8, 4) is 0 Å². The number of aliphatic carboxylic acids is 1. The summed E-state index contributed by atoms with van der Waals surface area (Å²) in [6.45, 7) is 0. The molecule has 0 spiro atoms. The lowest BCUT2D eigenvalue weighted by Crippen LogP contribution is -2.22. The Labute approximate surface area is 110 Å². The molecule has 0 radical (unpaired) electrons. The highest BCUT2D eigenvalue weighted by Gasteiger charge is 2.51. The fourth-order valence-electron chi connectivity index (χ4n) is 2.08. The van der Waals surface area contributed by atoms with Gasteiger partial charge in [0.25, 0.3) is 0 Å². The molecule has 4 nitrogen and oxygen atoms in total. The zero-order chi connectivity index (χ0) is 13.3.